The highest BCUT2D eigenvalue weighted by Crippen LogP contribution is 2.64. The Hall–Kier alpha value is -5.10. The van der Waals surface area contributed by atoms with Crippen molar-refractivity contribution in [2.45, 2.75) is 5.41 Å². The molecule has 0 aromatic heterocycles. The SMILES string of the molecule is Nc1ccc2c(c1)C1(c3ccccc3Oc3cccc(-c4ccc([N+](=O)[O-])cc4)c31)c1cc(N)ccc1-2. The molecule has 1 aliphatic carbocycles. The lowest BCUT2D eigenvalue weighted by atomic mass is 9.64. The number of nitrogens with zero attached hydrogens (tertiary/aromatic N) is 1. The number of nitro groups is 1. The van der Waals surface area contributed by atoms with Crippen LogP contribution < -0.4 is 16.2 Å². The topological polar surface area (TPSA) is 104 Å². The number of nitro benzene ring substituents is 1. The molecule has 1 spiro atoms. The molecule has 0 radical (unpaired) electrons. The highest BCUT2D eigenvalue weighted by Gasteiger charge is 2.52. The van der Waals surface area contributed by atoms with Crippen LogP contribution in [0.2, 0.25) is 0 Å². The van der Waals surface area contributed by atoms with Crippen LogP contribution in [0, 0.1) is 10.1 Å². The average molecular weight is 484 g/mol. The van der Waals surface area contributed by atoms with E-state index >= 15 is 0 Å². The first-order valence-corrected chi connectivity index (χ1v) is 11.9. The van der Waals surface area contributed by atoms with Crippen LogP contribution in [0.15, 0.2) is 103 Å². The van der Waals surface area contributed by atoms with E-state index in [1.807, 2.05) is 60.7 Å². The van der Waals surface area contributed by atoms with E-state index < -0.39 is 5.41 Å². The lowest BCUT2D eigenvalue weighted by molar-refractivity contribution is -0.384. The summed E-state index contributed by atoms with van der Waals surface area (Å²) in [7, 11) is 0. The first kappa shape index (κ1) is 21.2. The first-order chi connectivity index (χ1) is 18.0. The molecule has 0 bridgehead atoms. The van der Waals surface area contributed by atoms with Crippen molar-refractivity contribution < 1.29 is 9.66 Å². The minimum absolute atomic E-state index is 0.0435. The van der Waals surface area contributed by atoms with Gasteiger partial charge in [-0.25, -0.2) is 0 Å². The Morgan fingerprint density at radius 3 is 1.92 bits per heavy atom. The third-order valence-electron chi connectivity index (χ3n) is 7.49. The van der Waals surface area contributed by atoms with Gasteiger partial charge >= 0.3 is 0 Å². The highest BCUT2D eigenvalue weighted by molar-refractivity contribution is 5.93. The van der Waals surface area contributed by atoms with Gasteiger partial charge in [0.25, 0.3) is 5.69 Å². The second-order valence-electron chi connectivity index (χ2n) is 9.44. The van der Waals surface area contributed by atoms with Crippen molar-refractivity contribution in [2.75, 3.05) is 11.5 Å². The van der Waals surface area contributed by atoms with Crippen molar-refractivity contribution in [3.8, 4) is 33.8 Å². The van der Waals surface area contributed by atoms with Crippen LogP contribution in [0.1, 0.15) is 22.3 Å². The van der Waals surface area contributed by atoms with Gasteiger partial charge < -0.3 is 16.2 Å². The van der Waals surface area contributed by atoms with Crippen LogP contribution >= 0.6 is 0 Å². The molecule has 4 N–H and O–H groups in total. The van der Waals surface area contributed by atoms with Crippen molar-refractivity contribution in [1.29, 1.82) is 0 Å². The molecule has 37 heavy (non-hydrogen) atoms. The standard InChI is InChI=1S/C31H21N3O3/c32-19-10-14-23-24-15-11-20(33)17-27(24)31(26(23)16-19)25-5-1-2-6-28(25)37-29-7-3-4-22(30(29)31)18-8-12-21(13-9-18)34(35)36/h1-17H,32-33H2. The Balaban J connectivity index is 1.65. The third-order valence-corrected chi connectivity index (χ3v) is 7.49. The lowest BCUT2D eigenvalue weighted by Crippen LogP contribution is -2.33. The van der Waals surface area contributed by atoms with E-state index in [1.165, 1.54) is 12.1 Å². The molecule has 1 aliphatic heterocycles. The summed E-state index contributed by atoms with van der Waals surface area (Å²) in [6, 6.07) is 32.7. The zero-order valence-electron chi connectivity index (χ0n) is 19.6. The Morgan fingerprint density at radius 1 is 0.649 bits per heavy atom. The Bertz CT molecular complexity index is 1710. The summed E-state index contributed by atoms with van der Waals surface area (Å²) in [6.07, 6.45) is 0. The molecule has 0 fully saturated rings. The number of para-hydroxylation sites is 1. The number of hydrogen-bond acceptors (Lipinski definition) is 5. The number of nitrogens with two attached hydrogens (primary N) is 2. The molecule has 2 aliphatic rings. The molecule has 5 aromatic rings. The monoisotopic (exact) mass is 483 g/mol. The molecule has 6 nitrogen and oxygen atoms in total. The van der Waals surface area contributed by atoms with E-state index in [9.17, 15) is 10.1 Å². The number of non-ortho nitro benzene ring substituents is 1. The summed E-state index contributed by atoms with van der Waals surface area (Å²) in [5.74, 6) is 1.48. The van der Waals surface area contributed by atoms with E-state index in [4.69, 9.17) is 16.2 Å². The zero-order chi connectivity index (χ0) is 25.3. The maximum Gasteiger partial charge on any atom is 0.269 e. The second kappa shape index (κ2) is 7.45. The van der Waals surface area contributed by atoms with E-state index in [0.717, 1.165) is 56.0 Å². The average Bonchev–Trinajstić information content (AvgIpc) is 3.17. The summed E-state index contributed by atoms with van der Waals surface area (Å²) in [6.45, 7) is 0. The van der Waals surface area contributed by atoms with Crippen LogP contribution in [0.5, 0.6) is 11.5 Å². The molecule has 6 heteroatoms. The summed E-state index contributed by atoms with van der Waals surface area (Å²) in [5, 5.41) is 11.3. The minimum atomic E-state index is -0.752. The predicted molar refractivity (Wildman–Crippen MR) is 145 cm³/mol. The number of benzene rings is 5. The molecule has 0 unspecified atom stereocenters. The molecule has 0 atom stereocenters. The maximum atomic E-state index is 11.3. The van der Waals surface area contributed by atoms with Gasteiger partial charge in [-0.15, -0.1) is 0 Å². The summed E-state index contributed by atoms with van der Waals surface area (Å²) in [5.41, 5.74) is 21.4. The zero-order valence-corrected chi connectivity index (χ0v) is 19.6. The number of anilines is 2. The van der Waals surface area contributed by atoms with Crippen molar-refractivity contribution in [3.05, 3.63) is 135 Å². The summed E-state index contributed by atoms with van der Waals surface area (Å²) in [4.78, 5) is 10.9. The van der Waals surface area contributed by atoms with Crippen LogP contribution in [0.4, 0.5) is 17.1 Å². The van der Waals surface area contributed by atoms with Gasteiger partial charge in [0.15, 0.2) is 0 Å². The number of hydrogen-bond donors (Lipinski definition) is 2. The molecule has 7 rings (SSSR count). The molecule has 0 saturated carbocycles. The fourth-order valence-electron chi connectivity index (χ4n) is 6.04. The van der Waals surface area contributed by atoms with Gasteiger partial charge in [-0.1, -0.05) is 42.5 Å². The van der Waals surface area contributed by atoms with E-state index in [0.29, 0.717) is 11.4 Å². The van der Waals surface area contributed by atoms with Crippen LogP contribution in [0.3, 0.4) is 0 Å². The number of nitrogen functional groups attached to an aromatic ring is 2. The lowest BCUT2D eigenvalue weighted by Gasteiger charge is -2.40. The van der Waals surface area contributed by atoms with Gasteiger partial charge in [0.05, 0.1) is 10.3 Å². The summed E-state index contributed by atoms with van der Waals surface area (Å²) < 4.78 is 6.51. The summed E-state index contributed by atoms with van der Waals surface area (Å²) >= 11 is 0. The fraction of sp³-hybridized carbons (Fsp3) is 0.0323. The molecule has 0 amide bonds. The highest BCUT2D eigenvalue weighted by atomic mass is 16.6. The van der Waals surface area contributed by atoms with Gasteiger partial charge in [-0.2, -0.15) is 0 Å². The molecule has 1 heterocycles. The van der Waals surface area contributed by atoms with E-state index in [2.05, 4.69) is 18.2 Å². The van der Waals surface area contributed by atoms with Crippen molar-refractivity contribution >= 4 is 17.1 Å². The maximum absolute atomic E-state index is 11.3. The van der Waals surface area contributed by atoms with Crippen LogP contribution in [-0.2, 0) is 5.41 Å². The Kier molecular flexibility index (Phi) is 4.27. The molecule has 5 aromatic carbocycles. The number of rotatable bonds is 2. The smallest absolute Gasteiger partial charge is 0.269 e. The van der Waals surface area contributed by atoms with Crippen molar-refractivity contribution in [3.63, 3.8) is 0 Å². The van der Waals surface area contributed by atoms with Gasteiger partial charge in [-0.05, 0) is 81.9 Å². The van der Waals surface area contributed by atoms with Crippen molar-refractivity contribution in [2.24, 2.45) is 0 Å². The molecule has 0 saturated heterocycles. The second-order valence-corrected chi connectivity index (χ2v) is 9.44. The van der Waals surface area contributed by atoms with Crippen LogP contribution in [0.25, 0.3) is 22.3 Å². The third kappa shape index (κ3) is 2.81. The molecule has 178 valence electrons. The van der Waals surface area contributed by atoms with Crippen LogP contribution in [-0.4, -0.2) is 4.92 Å². The van der Waals surface area contributed by atoms with Gasteiger partial charge in [0.2, 0.25) is 0 Å². The minimum Gasteiger partial charge on any atom is -0.457 e. The molecular formula is C31H21N3O3. The molecular weight excluding hydrogens is 462 g/mol. The Morgan fingerprint density at radius 2 is 1.27 bits per heavy atom. The van der Waals surface area contributed by atoms with E-state index in [1.54, 1.807) is 12.1 Å². The van der Waals surface area contributed by atoms with E-state index in [-0.39, 0.29) is 10.6 Å². The predicted octanol–water partition coefficient (Wildman–Crippen LogP) is 6.90. The first-order valence-electron chi connectivity index (χ1n) is 11.9. The van der Waals surface area contributed by atoms with Gasteiger partial charge in [-0.3, -0.25) is 10.1 Å². The van der Waals surface area contributed by atoms with Gasteiger partial charge in [0, 0.05) is 34.6 Å². The van der Waals surface area contributed by atoms with Crippen molar-refractivity contribution in [1.82, 2.24) is 0 Å². The Labute approximate surface area is 212 Å². The number of fused-ring (bicyclic) bond motifs is 9. The number of ether oxygens (including phenoxy) is 1. The van der Waals surface area contributed by atoms with Gasteiger partial charge in [0.1, 0.15) is 11.5 Å². The normalized spacial score (nSPS) is 13.7. The largest absolute Gasteiger partial charge is 0.457 e. The quantitative estimate of drug-likeness (QED) is 0.158. The fourth-order valence-corrected chi connectivity index (χ4v) is 6.04.